The second-order valence-electron chi connectivity index (χ2n) is 7.86. The molecule has 0 aliphatic carbocycles. The molecule has 3 aromatic rings. The van der Waals surface area contributed by atoms with Gasteiger partial charge in [-0.05, 0) is 62.1 Å². The van der Waals surface area contributed by atoms with Crippen LogP contribution in [0.3, 0.4) is 0 Å². The van der Waals surface area contributed by atoms with Crippen LogP contribution in [-0.4, -0.2) is 25.0 Å². The Balaban J connectivity index is 1.40. The van der Waals surface area contributed by atoms with Gasteiger partial charge in [0.1, 0.15) is 6.04 Å². The van der Waals surface area contributed by atoms with E-state index in [0.717, 1.165) is 35.6 Å². The van der Waals surface area contributed by atoms with Crippen molar-refractivity contribution in [1.29, 1.82) is 0 Å². The lowest BCUT2D eigenvalue weighted by atomic mass is 10.0. The summed E-state index contributed by atoms with van der Waals surface area (Å²) in [7, 11) is 0. The zero-order chi connectivity index (χ0) is 20.8. The SMILES string of the molecule is C[C@@H](Nc1ccc(N2CCCCC2)cc1)C(=O)Nc1ccccc1-c1ccccc1. The van der Waals surface area contributed by atoms with Crippen LogP contribution in [0.1, 0.15) is 26.2 Å². The smallest absolute Gasteiger partial charge is 0.246 e. The predicted octanol–water partition coefficient (Wildman–Crippen LogP) is 5.78. The van der Waals surface area contributed by atoms with Gasteiger partial charge in [-0.2, -0.15) is 0 Å². The minimum absolute atomic E-state index is 0.0570. The van der Waals surface area contributed by atoms with E-state index < -0.39 is 0 Å². The molecule has 1 heterocycles. The largest absolute Gasteiger partial charge is 0.374 e. The molecule has 1 amide bonds. The predicted molar refractivity (Wildman–Crippen MR) is 126 cm³/mol. The quantitative estimate of drug-likeness (QED) is 0.552. The van der Waals surface area contributed by atoms with Crippen molar-refractivity contribution >= 4 is 23.0 Å². The molecule has 4 nitrogen and oxygen atoms in total. The molecule has 0 bridgehead atoms. The van der Waals surface area contributed by atoms with Crippen molar-refractivity contribution < 1.29 is 4.79 Å². The molecule has 2 N–H and O–H groups in total. The molecule has 4 rings (SSSR count). The van der Waals surface area contributed by atoms with Crippen LogP contribution in [0.4, 0.5) is 17.1 Å². The monoisotopic (exact) mass is 399 g/mol. The van der Waals surface area contributed by atoms with E-state index in [9.17, 15) is 4.79 Å². The molecule has 0 unspecified atom stereocenters. The van der Waals surface area contributed by atoms with Gasteiger partial charge in [-0.25, -0.2) is 0 Å². The Bertz CT molecular complexity index is 963. The van der Waals surface area contributed by atoms with E-state index in [2.05, 4.69) is 51.9 Å². The van der Waals surface area contributed by atoms with Gasteiger partial charge in [0.05, 0.1) is 0 Å². The van der Waals surface area contributed by atoms with Gasteiger partial charge >= 0.3 is 0 Å². The lowest BCUT2D eigenvalue weighted by Gasteiger charge is -2.29. The molecule has 0 aromatic heterocycles. The normalized spacial score (nSPS) is 14.8. The zero-order valence-corrected chi connectivity index (χ0v) is 17.5. The van der Waals surface area contributed by atoms with E-state index in [-0.39, 0.29) is 11.9 Å². The highest BCUT2D eigenvalue weighted by atomic mass is 16.2. The molecule has 0 radical (unpaired) electrons. The van der Waals surface area contributed by atoms with Gasteiger partial charge in [-0.3, -0.25) is 4.79 Å². The summed E-state index contributed by atoms with van der Waals surface area (Å²) in [6, 6.07) is 26.1. The summed E-state index contributed by atoms with van der Waals surface area (Å²) < 4.78 is 0. The number of para-hydroxylation sites is 1. The van der Waals surface area contributed by atoms with Crippen molar-refractivity contribution in [2.45, 2.75) is 32.2 Å². The van der Waals surface area contributed by atoms with E-state index >= 15 is 0 Å². The maximum atomic E-state index is 12.8. The van der Waals surface area contributed by atoms with Crippen molar-refractivity contribution in [3.05, 3.63) is 78.9 Å². The molecule has 1 atom stereocenters. The molecule has 0 saturated carbocycles. The molecule has 1 saturated heterocycles. The average Bonchev–Trinajstić information content (AvgIpc) is 2.81. The summed E-state index contributed by atoms with van der Waals surface area (Å²) in [6.45, 7) is 4.15. The fourth-order valence-electron chi connectivity index (χ4n) is 3.94. The number of rotatable bonds is 6. The first-order valence-electron chi connectivity index (χ1n) is 10.8. The van der Waals surface area contributed by atoms with Crippen molar-refractivity contribution in [3.8, 4) is 11.1 Å². The minimum Gasteiger partial charge on any atom is -0.374 e. The summed E-state index contributed by atoms with van der Waals surface area (Å²) in [4.78, 5) is 15.3. The maximum absolute atomic E-state index is 12.8. The van der Waals surface area contributed by atoms with Crippen LogP contribution in [0.15, 0.2) is 78.9 Å². The number of anilines is 3. The highest BCUT2D eigenvalue weighted by Crippen LogP contribution is 2.28. The molecule has 30 heavy (non-hydrogen) atoms. The summed E-state index contributed by atoms with van der Waals surface area (Å²) in [5.74, 6) is -0.0570. The molecule has 1 aliphatic heterocycles. The number of nitrogens with zero attached hydrogens (tertiary/aromatic N) is 1. The van der Waals surface area contributed by atoms with Gasteiger partial charge < -0.3 is 15.5 Å². The summed E-state index contributed by atoms with van der Waals surface area (Å²) in [5, 5.41) is 6.40. The molecule has 1 fully saturated rings. The van der Waals surface area contributed by atoms with Crippen LogP contribution >= 0.6 is 0 Å². The summed E-state index contributed by atoms with van der Waals surface area (Å²) in [6.07, 6.45) is 3.86. The highest BCUT2D eigenvalue weighted by Gasteiger charge is 2.16. The summed E-state index contributed by atoms with van der Waals surface area (Å²) in [5.41, 5.74) is 5.14. The molecular formula is C26H29N3O. The Morgan fingerprint density at radius 3 is 2.23 bits per heavy atom. The number of piperidine rings is 1. The number of benzene rings is 3. The van der Waals surface area contributed by atoms with E-state index in [1.54, 1.807) is 0 Å². The van der Waals surface area contributed by atoms with Gasteiger partial charge in [-0.15, -0.1) is 0 Å². The topological polar surface area (TPSA) is 44.4 Å². The summed E-state index contributed by atoms with van der Waals surface area (Å²) >= 11 is 0. The Morgan fingerprint density at radius 1 is 0.833 bits per heavy atom. The van der Waals surface area contributed by atoms with Crippen molar-refractivity contribution in [2.75, 3.05) is 28.6 Å². The molecule has 154 valence electrons. The molecule has 3 aromatic carbocycles. The average molecular weight is 400 g/mol. The Morgan fingerprint density at radius 2 is 1.50 bits per heavy atom. The van der Waals surface area contributed by atoms with Crippen LogP contribution in [-0.2, 0) is 4.79 Å². The number of carbonyl (C=O) groups is 1. The van der Waals surface area contributed by atoms with Gasteiger partial charge in [0.2, 0.25) is 5.91 Å². The third-order valence-corrected chi connectivity index (χ3v) is 5.63. The first kappa shape index (κ1) is 20.0. The van der Waals surface area contributed by atoms with E-state index in [1.807, 2.05) is 49.4 Å². The van der Waals surface area contributed by atoms with Gasteiger partial charge in [0.15, 0.2) is 0 Å². The fraction of sp³-hybridized carbons (Fsp3) is 0.269. The maximum Gasteiger partial charge on any atom is 0.246 e. The van der Waals surface area contributed by atoms with Crippen molar-refractivity contribution in [3.63, 3.8) is 0 Å². The van der Waals surface area contributed by atoms with Gasteiger partial charge in [0, 0.05) is 35.7 Å². The third-order valence-electron chi connectivity index (χ3n) is 5.63. The molecule has 1 aliphatic rings. The van der Waals surface area contributed by atoms with Crippen LogP contribution in [0.25, 0.3) is 11.1 Å². The molecule has 0 spiro atoms. The second kappa shape index (κ2) is 9.49. The molecular weight excluding hydrogens is 370 g/mol. The van der Waals surface area contributed by atoms with Crippen molar-refractivity contribution in [2.24, 2.45) is 0 Å². The van der Waals surface area contributed by atoms with E-state index in [0.29, 0.717) is 0 Å². The van der Waals surface area contributed by atoms with Crippen LogP contribution in [0, 0.1) is 0 Å². The number of hydrogen-bond acceptors (Lipinski definition) is 3. The standard InChI is InChI=1S/C26H29N3O/c1-20(27-22-14-16-23(17-15-22)29-18-8-3-9-19-29)26(30)28-25-13-7-6-12-24(25)21-10-4-2-5-11-21/h2,4-7,10-17,20,27H,3,8-9,18-19H2,1H3,(H,28,30)/t20-/m1/s1. The van der Waals surface area contributed by atoms with Crippen LogP contribution in [0.2, 0.25) is 0 Å². The van der Waals surface area contributed by atoms with Gasteiger partial charge in [-0.1, -0.05) is 48.5 Å². The Labute approximate surface area is 178 Å². The highest BCUT2D eigenvalue weighted by molar-refractivity contribution is 5.99. The molecule has 4 heteroatoms. The minimum atomic E-state index is -0.352. The lowest BCUT2D eigenvalue weighted by molar-refractivity contribution is -0.116. The second-order valence-corrected chi connectivity index (χ2v) is 7.86. The van der Waals surface area contributed by atoms with E-state index in [4.69, 9.17) is 0 Å². The Hall–Kier alpha value is -3.27. The van der Waals surface area contributed by atoms with Crippen LogP contribution < -0.4 is 15.5 Å². The number of nitrogens with one attached hydrogen (secondary N) is 2. The van der Waals surface area contributed by atoms with Crippen LogP contribution in [0.5, 0.6) is 0 Å². The van der Waals surface area contributed by atoms with E-state index in [1.165, 1.54) is 24.9 Å². The third kappa shape index (κ3) is 4.82. The first-order chi connectivity index (χ1) is 14.7. The Kier molecular flexibility index (Phi) is 6.33. The van der Waals surface area contributed by atoms with Gasteiger partial charge in [0.25, 0.3) is 0 Å². The fourth-order valence-corrected chi connectivity index (χ4v) is 3.94. The zero-order valence-electron chi connectivity index (χ0n) is 17.5. The number of hydrogen-bond donors (Lipinski definition) is 2. The number of amides is 1. The first-order valence-corrected chi connectivity index (χ1v) is 10.8. The number of carbonyl (C=O) groups excluding carboxylic acids is 1. The lowest BCUT2D eigenvalue weighted by Crippen LogP contribution is -2.32. The van der Waals surface area contributed by atoms with Crippen molar-refractivity contribution in [1.82, 2.24) is 0 Å².